The molecule has 3 N–H and O–H groups in total. The van der Waals surface area contributed by atoms with E-state index in [9.17, 15) is 0 Å². The van der Waals surface area contributed by atoms with E-state index >= 15 is 0 Å². The summed E-state index contributed by atoms with van der Waals surface area (Å²) in [5, 5.41) is 5.59. The van der Waals surface area contributed by atoms with E-state index in [-0.39, 0.29) is 0 Å². The molecule has 0 aliphatic heterocycles. The van der Waals surface area contributed by atoms with Gasteiger partial charge in [-0.1, -0.05) is 0 Å². The van der Waals surface area contributed by atoms with Crippen molar-refractivity contribution in [3.05, 3.63) is 29.5 Å². The van der Waals surface area contributed by atoms with Crippen LogP contribution >= 0.6 is 0 Å². The zero-order valence-electron chi connectivity index (χ0n) is 12.1. The predicted molar refractivity (Wildman–Crippen MR) is 80.9 cm³/mol. The van der Waals surface area contributed by atoms with E-state index in [2.05, 4.69) is 17.0 Å². The highest BCUT2D eigenvalue weighted by atomic mass is 16.5. The first-order valence-corrected chi connectivity index (χ1v) is 6.48. The molecule has 0 fully saturated rings. The number of H-pyrrole nitrogens is 1. The molecule has 20 heavy (non-hydrogen) atoms. The molecular weight excluding hydrogens is 252 g/mol. The van der Waals surface area contributed by atoms with Crippen LogP contribution in [0.2, 0.25) is 0 Å². The van der Waals surface area contributed by atoms with Gasteiger partial charge in [0.25, 0.3) is 0 Å². The first kappa shape index (κ1) is 12.6. The Balaban J connectivity index is 2.34. The highest BCUT2D eigenvalue weighted by Crippen LogP contribution is 2.35. The number of anilines is 1. The molecular formula is C15H18N4O. The second-order valence-electron chi connectivity index (χ2n) is 5.07. The third-order valence-corrected chi connectivity index (χ3v) is 3.67. The van der Waals surface area contributed by atoms with Crippen LogP contribution < -0.4 is 10.5 Å². The molecule has 0 saturated heterocycles. The standard InChI is InChI=1S/C15H18N4O/c1-8-5-10(20-4)6-11-14(9(2)17-15(8)11)12-7-13(16)19(3)18-12/h5-7,17H,16H2,1-4H3. The average Bonchev–Trinajstić information content (AvgIpc) is 2.90. The summed E-state index contributed by atoms with van der Waals surface area (Å²) >= 11 is 0. The number of nitrogen functional groups attached to an aromatic ring is 1. The number of benzene rings is 1. The molecule has 0 amide bonds. The van der Waals surface area contributed by atoms with Gasteiger partial charge in [-0.3, -0.25) is 4.68 Å². The van der Waals surface area contributed by atoms with Crippen LogP contribution in [0.25, 0.3) is 22.2 Å². The molecule has 0 spiro atoms. The maximum absolute atomic E-state index is 5.89. The maximum Gasteiger partial charge on any atom is 0.121 e. The Morgan fingerprint density at radius 1 is 1.25 bits per heavy atom. The van der Waals surface area contributed by atoms with Crippen molar-refractivity contribution >= 4 is 16.7 Å². The second-order valence-corrected chi connectivity index (χ2v) is 5.07. The molecule has 3 rings (SSSR count). The number of nitrogens with zero attached hydrogens (tertiary/aromatic N) is 2. The third-order valence-electron chi connectivity index (χ3n) is 3.67. The van der Waals surface area contributed by atoms with Crippen molar-refractivity contribution in [1.29, 1.82) is 0 Å². The van der Waals surface area contributed by atoms with Crippen molar-refractivity contribution < 1.29 is 4.74 Å². The minimum Gasteiger partial charge on any atom is -0.497 e. The third kappa shape index (κ3) is 1.74. The van der Waals surface area contributed by atoms with Gasteiger partial charge in [-0.05, 0) is 31.5 Å². The lowest BCUT2D eigenvalue weighted by Crippen LogP contribution is -1.96. The van der Waals surface area contributed by atoms with E-state index in [1.54, 1.807) is 11.8 Å². The molecule has 0 atom stereocenters. The number of hydrogen-bond donors (Lipinski definition) is 2. The summed E-state index contributed by atoms with van der Waals surface area (Å²) < 4.78 is 7.05. The molecule has 0 radical (unpaired) electrons. The zero-order chi connectivity index (χ0) is 14.4. The van der Waals surface area contributed by atoms with Crippen LogP contribution in [0.3, 0.4) is 0 Å². The average molecular weight is 270 g/mol. The number of nitrogens with two attached hydrogens (primary N) is 1. The van der Waals surface area contributed by atoms with Gasteiger partial charge in [0.1, 0.15) is 11.6 Å². The minimum atomic E-state index is 0.647. The Labute approximate surface area is 117 Å². The van der Waals surface area contributed by atoms with Crippen LogP contribution in [0.1, 0.15) is 11.3 Å². The minimum absolute atomic E-state index is 0.647. The molecule has 2 aromatic heterocycles. The van der Waals surface area contributed by atoms with E-state index in [0.717, 1.165) is 39.2 Å². The lowest BCUT2D eigenvalue weighted by Gasteiger charge is -2.03. The number of methoxy groups -OCH3 is 1. The molecule has 104 valence electrons. The fourth-order valence-electron chi connectivity index (χ4n) is 2.62. The molecule has 3 aromatic rings. The van der Waals surface area contributed by atoms with Gasteiger partial charge >= 0.3 is 0 Å². The van der Waals surface area contributed by atoms with Crippen molar-refractivity contribution in [2.24, 2.45) is 7.05 Å². The van der Waals surface area contributed by atoms with Crippen LogP contribution in [-0.2, 0) is 7.05 Å². The van der Waals surface area contributed by atoms with E-state index in [4.69, 9.17) is 10.5 Å². The van der Waals surface area contributed by atoms with Gasteiger partial charge in [-0.2, -0.15) is 5.10 Å². The summed E-state index contributed by atoms with van der Waals surface area (Å²) in [7, 11) is 3.52. The maximum atomic E-state index is 5.89. The lowest BCUT2D eigenvalue weighted by molar-refractivity contribution is 0.415. The molecule has 0 unspecified atom stereocenters. The number of rotatable bonds is 2. The van der Waals surface area contributed by atoms with Gasteiger partial charge in [-0.15, -0.1) is 0 Å². The van der Waals surface area contributed by atoms with Crippen molar-refractivity contribution in [1.82, 2.24) is 14.8 Å². The molecule has 0 aliphatic carbocycles. The van der Waals surface area contributed by atoms with Gasteiger partial charge in [-0.25, -0.2) is 0 Å². The van der Waals surface area contributed by atoms with Crippen LogP contribution in [0.15, 0.2) is 18.2 Å². The summed E-state index contributed by atoms with van der Waals surface area (Å²) in [4.78, 5) is 3.43. The summed E-state index contributed by atoms with van der Waals surface area (Å²) in [5.41, 5.74) is 11.2. The first-order chi connectivity index (χ1) is 9.51. The Hall–Kier alpha value is -2.43. The second kappa shape index (κ2) is 4.30. The smallest absolute Gasteiger partial charge is 0.121 e. The molecule has 0 aliphatic rings. The van der Waals surface area contributed by atoms with Crippen LogP contribution in [0.4, 0.5) is 5.82 Å². The summed E-state index contributed by atoms with van der Waals surface area (Å²) in [6.45, 7) is 4.11. The van der Waals surface area contributed by atoms with E-state index in [1.165, 1.54) is 0 Å². The SMILES string of the molecule is COc1cc(C)c2[nH]c(C)c(-c3cc(N)n(C)n3)c2c1. The van der Waals surface area contributed by atoms with Crippen LogP contribution in [0.5, 0.6) is 5.75 Å². The Morgan fingerprint density at radius 2 is 2.00 bits per heavy atom. The molecule has 5 heteroatoms. The van der Waals surface area contributed by atoms with Crippen LogP contribution in [0, 0.1) is 13.8 Å². The Kier molecular flexibility index (Phi) is 2.71. The normalized spacial score (nSPS) is 11.2. The first-order valence-electron chi connectivity index (χ1n) is 6.48. The monoisotopic (exact) mass is 270 g/mol. The number of nitrogens with one attached hydrogen (secondary N) is 1. The van der Waals surface area contributed by atoms with Crippen LogP contribution in [-0.4, -0.2) is 21.9 Å². The number of aromatic nitrogens is 3. The topological polar surface area (TPSA) is 68.9 Å². The van der Waals surface area contributed by atoms with Gasteiger partial charge in [0.15, 0.2) is 0 Å². The predicted octanol–water partition coefficient (Wildman–Crippen LogP) is 2.78. The molecule has 1 aromatic carbocycles. The molecule has 2 heterocycles. The summed E-state index contributed by atoms with van der Waals surface area (Å²) in [5.74, 6) is 1.49. The Morgan fingerprint density at radius 3 is 2.60 bits per heavy atom. The fraction of sp³-hybridized carbons (Fsp3) is 0.267. The van der Waals surface area contributed by atoms with E-state index < -0.39 is 0 Å². The highest BCUT2D eigenvalue weighted by molar-refractivity contribution is 5.99. The fourth-order valence-corrected chi connectivity index (χ4v) is 2.62. The molecule has 0 saturated carbocycles. The quantitative estimate of drug-likeness (QED) is 0.752. The number of fused-ring (bicyclic) bond motifs is 1. The largest absolute Gasteiger partial charge is 0.497 e. The van der Waals surface area contributed by atoms with Crippen molar-refractivity contribution in [2.75, 3.05) is 12.8 Å². The molecule has 5 nitrogen and oxygen atoms in total. The number of hydrogen-bond acceptors (Lipinski definition) is 3. The Bertz CT molecular complexity index is 778. The summed E-state index contributed by atoms with van der Waals surface area (Å²) in [6.07, 6.45) is 0. The lowest BCUT2D eigenvalue weighted by atomic mass is 10.1. The van der Waals surface area contributed by atoms with E-state index in [1.807, 2.05) is 32.2 Å². The molecule has 0 bridgehead atoms. The van der Waals surface area contributed by atoms with E-state index in [0.29, 0.717) is 5.82 Å². The van der Waals surface area contributed by atoms with Gasteiger partial charge in [0.2, 0.25) is 0 Å². The summed E-state index contributed by atoms with van der Waals surface area (Å²) in [6, 6.07) is 5.95. The zero-order valence-corrected chi connectivity index (χ0v) is 12.1. The van der Waals surface area contributed by atoms with Crippen molar-refractivity contribution in [3.8, 4) is 17.0 Å². The highest BCUT2D eigenvalue weighted by Gasteiger charge is 2.16. The van der Waals surface area contributed by atoms with Gasteiger partial charge < -0.3 is 15.5 Å². The van der Waals surface area contributed by atoms with Gasteiger partial charge in [0.05, 0.1) is 12.8 Å². The number of aromatic amines is 1. The van der Waals surface area contributed by atoms with Crippen molar-refractivity contribution in [2.45, 2.75) is 13.8 Å². The number of aryl methyl sites for hydroxylation is 3. The number of ether oxygens (including phenoxy) is 1. The van der Waals surface area contributed by atoms with Crippen molar-refractivity contribution in [3.63, 3.8) is 0 Å². The van der Waals surface area contributed by atoms with Gasteiger partial charge in [0, 0.05) is 35.3 Å².